The fourth-order valence-corrected chi connectivity index (χ4v) is 3.44. The molecule has 136 valence electrons. The van der Waals surface area contributed by atoms with Crippen LogP contribution in [0.2, 0.25) is 0 Å². The standard InChI is InChI=1S/C21H22O5/c22-19-11-17-21(26-19)20(24-13-16-9-5-2-6-10-16)18(25-17)14-23-12-15-7-3-1-4-8-15/h1-10,17-18,20-21H,11-14H2/t17-,18+,20-,21+/m1/s1. The van der Waals surface area contributed by atoms with Crippen LogP contribution in [0.4, 0.5) is 0 Å². The zero-order chi connectivity index (χ0) is 17.8. The van der Waals surface area contributed by atoms with Gasteiger partial charge >= 0.3 is 5.97 Å². The molecule has 2 aliphatic rings. The summed E-state index contributed by atoms with van der Waals surface area (Å²) in [6.45, 7) is 1.37. The largest absolute Gasteiger partial charge is 0.457 e. The third-order valence-electron chi connectivity index (χ3n) is 4.72. The highest BCUT2D eigenvalue weighted by Gasteiger charge is 2.52. The lowest BCUT2D eigenvalue weighted by molar-refractivity contribution is -0.150. The van der Waals surface area contributed by atoms with Crippen LogP contribution in [0.5, 0.6) is 0 Å². The molecule has 0 unspecified atom stereocenters. The Balaban J connectivity index is 1.36. The summed E-state index contributed by atoms with van der Waals surface area (Å²) < 4.78 is 23.4. The maximum atomic E-state index is 11.6. The van der Waals surface area contributed by atoms with E-state index < -0.39 is 0 Å². The van der Waals surface area contributed by atoms with E-state index in [0.29, 0.717) is 19.8 Å². The molecule has 26 heavy (non-hydrogen) atoms. The van der Waals surface area contributed by atoms with Gasteiger partial charge in [-0.15, -0.1) is 0 Å². The van der Waals surface area contributed by atoms with Crippen LogP contribution in [0.25, 0.3) is 0 Å². The van der Waals surface area contributed by atoms with Gasteiger partial charge in [-0.25, -0.2) is 0 Å². The van der Waals surface area contributed by atoms with Crippen molar-refractivity contribution in [1.82, 2.24) is 0 Å². The van der Waals surface area contributed by atoms with E-state index in [-0.39, 0.29) is 36.8 Å². The molecule has 0 spiro atoms. The molecule has 2 saturated heterocycles. The van der Waals surface area contributed by atoms with E-state index >= 15 is 0 Å². The molecule has 0 radical (unpaired) electrons. The van der Waals surface area contributed by atoms with Gasteiger partial charge in [0.05, 0.1) is 26.2 Å². The van der Waals surface area contributed by atoms with E-state index in [0.717, 1.165) is 11.1 Å². The minimum Gasteiger partial charge on any atom is -0.457 e. The second-order valence-electron chi connectivity index (χ2n) is 6.63. The van der Waals surface area contributed by atoms with Gasteiger partial charge < -0.3 is 18.9 Å². The molecule has 2 aromatic rings. The first-order valence-electron chi connectivity index (χ1n) is 8.92. The smallest absolute Gasteiger partial charge is 0.309 e. The first-order chi connectivity index (χ1) is 12.8. The summed E-state index contributed by atoms with van der Waals surface area (Å²) in [5, 5.41) is 0. The Morgan fingerprint density at radius 3 is 2.27 bits per heavy atom. The average molecular weight is 354 g/mol. The summed E-state index contributed by atoms with van der Waals surface area (Å²) in [5.74, 6) is -0.225. The highest BCUT2D eigenvalue weighted by Crippen LogP contribution is 2.34. The summed E-state index contributed by atoms with van der Waals surface area (Å²) in [6.07, 6.45) is -0.872. The molecule has 4 rings (SSSR count). The Bertz CT molecular complexity index is 718. The second kappa shape index (κ2) is 7.99. The minimum absolute atomic E-state index is 0.225. The van der Waals surface area contributed by atoms with Gasteiger partial charge in [0.15, 0.2) is 6.10 Å². The molecule has 2 aliphatic heterocycles. The van der Waals surface area contributed by atoms with E-state index in [1.165, 1.54) is 0 Å². The predicted octanol–water partition coefficient (Wildman–Crippen LogP) is 2.87. The van der Waals surface area contributed by atoms with Gasteiger partial charge in [0, 0.05) is 0 Å². The van der Waals surface area contributed by atoms with Crippen LogP contribution in [-0.2, 0) is 37.0 Å². The summed E-state index contributed by atoms with van der Waals surface area (Å²) in [5.41, 5.74) is 2.18. The highest BCUT2D eigenvalue weighted by molar-refractivity contribution is 5.73. The van der Waals surface area contributed by atoms with Crippen LogP contribution in [-0.4, -0.2) is 37.0 Å². The molecule has 0 saturated carbocycles. The summed E-state index contributed by atoms with van der Waals surface area (Å²) in [7, 11) is 0. The van der Waals surface area contributed by atoms with E-state index in [1.54, 1.807) is 0 Å². The fraction of sp³-hybridized carbons (Fsp3) is 0.381. The van der Waals surface area contributed by atoms with Crippen molar-refractivity contribution in [3.8, 4) is 0 Å². The van der Waals surface area contributed by atoms with Gasteiger partial charge in [0.2, 0.25) is 0 Å². The van der Waals surface area contributed by atoms with E-state index in [9.17, 15) is 4.79 Å². The van der Waals surface area contributed by atoms with Gasteiger partial charge in [-0.05, 0) is 11.1 Å². The molecule has 2 fully saturated rings. The first-order valence-corrected chi connectivity index (χ1v) is 8.92. The molecule has 5 nitrogen and oxygen atoms in total. The van der Waals surface area contributed by atoms with E-state index in [1.807, 2.05) is 60.7 Å². The Kier molecular flexibility index (Phi) is 5.29. The van der Waals surface area contributed by atoms with Gasteiger partial charge in [-0.3, -0.25) is 4.79 Å². The zero-order valence-electron chi connectivity index (χ0n) is 14.5. The molecule has 4 atom stereocenters. The Morgan fingerprint density at radius 1 is 0.923 bits per heavy atom. The van der Waals surface area contributed by atoms with Crippen molar-refractivity contribution in [3.05, 3.63) is 71.8 Å². The lowest BCUT2D eigenvalue weighted by Gasteiger charge is -2.22. The third-order valence-corrected chi connectivity index (χ3v) is 4.72. The van der Waals surface area contributed by atoms with Crippen LogP contribution in [0, 0.1) is 0 Å². The molecule has 0 N–H and O–H groups in total. The fourth-order valence-electron chi connectivity index (χ4n) is 3.44. The SMILES string of the molecule is O=C1C[C@H]2O[C@@H](COCc3ccccc3)[C@@H](OCc3ccccc3)[C@H]2O1. The quantitative estimate of drug-likeness (QED) is 0.716. The summed E-state index contributed by atoms with van der Waals surface area (Å²) in [4.78, 5) is 11.6. The molecule has 5 heteroatoms. The van der Waals surface area contributed by atoms with Gasteiger partial charge in [-0.1, -0.05) is 60.7 Å². The third kappa shape index (κ3) is 3.96. The first kappa shape index (κ1) is 17.2. The maximum absolute atomic E-state index is 11.6. The average Bonchev–Trinajstić information content (AvgIpc) is 3.17. The van der Waals surface area contributed by atoms with Crippen LogP contribution < -0.4 is 0 Å². The van der Waals surface area contributed by atoms with Crippen molar-refractivity contribution in [1.29, 1.82) is 0 Å². The summed E-state index contributed by atoms with van der Waals surface area (Å²) >= 11 is 0. The maximum Gasteiger partial charge on any atom is 0.309 e. The molecule has 0 aliphatic carbocycles. The second-order valence-corrected chi connectivity index (χ2v) is 6.63. The number of hydrogen-bond donors (Lipinski definition) is 0. The predicted molar refractivity (Wildman–Crippen MR) is 94.3 cm³/mol. The molecular formula is C21H22O5. The number of benzene rings is 2. The minimum atomic E-state index is -0.350. The van der Waals surface area contributed by atoms with Gasteiger partial charge in [0.25, 0.3) is 0 Å². The molecular weight excluding hydrogens is 332 g/mol. The monoisotopic (exact) mass is 354 g/mol. The van der Waals surface area contributed by atoms with Crippen molar-refractivity contribution in [3.63, 3.8) is 0 Å². The van der Waals surface area contributed by atoms with Crippen LogP contribution >= 0.6 is 0 Å². The lowest BCUT2D eigenvalue weighted by Crippen LogP contribution is -2.37. The van der Waals surface area contributed by atoms with Crippen LogP contribution in [0.1, 0.15) is 17.5 Å². The normalized spacial score (nSPS) is 27.3. The molecule has 0 bridgehead atoms. The van der Waals surface area contributed by atoms with Gasteiger partial charge in [0.1, 0.15) is 18.3 Å². The topological polar surface area (TPSA) is 54.0 Å². The van der Waals surface area contributed by atoms with Crippen molar-refractivity contribution in [2.45, 2.75) is 44.1 Å². The van der Waals surface area contributed by atoms with Crippen LogP contribution in [0.3, 0.4) is 0 Å². The molecule has 2 aromatic carbocycles. The van der Waals surface area contributed by atoms with Crippen molar-refractivity contribution >= 4 is 5.97 Å². The summed E-state index contributed by atoms with van der Waals surface area (Å²) in [6, 6.07) is 19.9. The number of fused-ring (bicyclic) bond motifs is 1. The number of hydrogen-bond acceptors (Lipinski definition) is 5. The number of ether oxygens (including phenoxy) is 4. The molecule has 2 heterocycles. The number of rotatable bonds is 7. The van der Waals surface area contributed by atoms with E-state index in [2.05, 4.69) is 0 Å². The molecule has 0 amide bonds. The lowest BCUT2D eigenvalue weighted by atomic mass is 10.1. The van der Waals surface area contributed by atoms with Crippen molar-refractivity contribution < 1.29 is 23.7 Å². The highest BCUT2D eigenvalue weighted by atomic mass is 16.6. The van der Waals surface area contributed by atoms with Crippen molar-refractivity contribution in [2.24, 2.45) is 0 Å². The Labute approximate surface area is 152 Å². The Morgan fingerprint density at radius 2 is 1.58 bits per heavy atom. The zero-order valence-corrected chi connectivity index (χ0v) is 14.5. The Hall–Kier alpha value is -2.21. The van der Waals surface area contributed by atoms with Crippen molar-refractivity contribution in [2.75, 3.05) is 6.61 Å². The number of carbonyl (C=O) groups excluding carboxylic acids is 1. The van der Waals surface area contributed by atoms with Gasteiger partial charge in [-0.2, -0.15) is 0 Å². The van der Waals surface area contributed by atoms with Crippen LogP contribution in [0.15, 0.2) is 60.7 Å². The van der Waals surface area contributed by atoms with E-state index in [4.69, 9.17) is 18.9 Å². The molecule has 0 aromatic heterocycles. The number of esters is 1. The number of carbonyl (C=O) groups is 1.